The summed E-state index contributed by atoms with van der Waals surface area (Å²) < 4.78 is 5.34. The molecule has 6 heteroatoms. The molecular weight excluding hydrogens is 320 g/mol. The molecule has 0 fully saturated rings. The molecule has 0 bridgehead atoms. The van der Waals surface area contributed by atoms with Crippen LogP contribution in [-0.4, -0.2) is 20.9 Å². The molecule has 2 aromatic heterocycles. The minimum atomic E-state index is 0.531. The number of benzene rings is 1. The fourth-order valence-electron chi connectivity index (χ4n) is 2.13. The molecule has 1 N–H and O–H groups in total. The zero-order valence-electron chi connectivity index (χ0n) is 13.4. The Hall–Kier alpha value is -2.78. The van der Waals surface area contributed by atoms with Crippen LogP contribution in [0.1, 0.15) is 12.7 Å². The molecule has 0 amide bonds. The van der Waals surface area contributed by atoms with Gasteiger partial charge in [-0.1, -0.05) is 41.0 Å². The Kier molecular flexibility index (Phi) is 5.14. The first-order chi connectivity index (χ1) is 11.8. The largest absolute Gasteiger partial charge is 0.360 e. The minimum absolute atomic E-state index is 0.531. The smallest absolute Gasteiger partial charge is 0.227 e. The summed E-state index contributed by atoms with van der Waals surface area (Å²) in [6.45, 7) is 3.70. The molecule has 2 heterocycles. The van der Waals surface area contributed by atoms with Crippen LogP contribution < -0.4 is 5.32 Å². The van der Waals surface area contributed by atoms with E-state index in [1.165, 1.54) is 11.8 Å². The van der Waals surface area contributed by atoms with Crippen molar-refractivity contribution < 1.29 is 4.52 Å². The van der Waals surface area contributed by atoms with Crippen LogP contribution in [0.5, 0.6) is 0 Å². The fraction of sp³-hybridized carbons (Fsp3) is 0.167. The standard InChI is InChI=1S/C18H16N4OS/c1-3-4-12-24-17-16(13(2)23-22-17)15-10-11-19-18(21-15)20-14-8-6-5-7-9-14/h5-11H,12H2,1-2H3,(H,19,20,21). The first-order valence-electron chi connectivity index (χ1n) is 7.42. The highest BCUT2D eigenvalue weighted by Crippen LogP contribution is 2.32. The van der Waals surface area contributed by atoms with Gasteiger partial charge in [-0.2, -0.15) is 0 Å². The van der Waals surface area contributed by atoms with Crippen LogP contribution in [0, 0.1) is 18.8 Å². The number of hydrogen-bond donors (Lipinski definition) is 1. The maximum atomic E-state index is 5.34. The lowest BCUT2D eigenvalue weighted by Crippen LogP contribution is -1.98. The second kappa shape index (κ2) is 7.66. The third-order valence-corrected chi connectivity index (χ3v) is 4.07. The fourth-order valence-corrected chi connectivity index (χ4v) is 2.96. The molecule has 0 radical (unpaired) electrons. The predicted octanol–water partition coefficient (Wildman–Crippen LogP) is 4.30. The third kappa shape index (κ3) is 3.76. The van der Waals surface area contributed by atoms with Crippen molar-refractivity contribution in [1.29, 1.82) is 0 Å². The predicted molar refractivity (Wildman–Crippen MR) is 96.2 cm³/mol. The Morgan fingerprint density at radius 1 is 1.21 bits per heavy atom. The average Bonchev–Trinajstić information content (AvgIpc) is 2.97. The van der Waals surface area contributed by atoms with E-state index >= 15 is 0 Å². The van der Waals surface area contributed by atoms with E-state index in [2.05, 4.69) is 32.3 Å². The second-order valence-electron chi connectivity index (χ2n) is 4.89. The number of aryl methyl sites for hydroxylation is 1. The summed E-state index contributed by atoms with van der Waals surface area (Å²) in [6.07, 6.45) is 1.72. The topological polar surface area (TPSA) is 63.8 Å². The van der Waals surface area contributed by atoms with Gasteiger partial charge in [-0.3, -0.25) is 0 Å². The molecule has 0 unspecified atom stereocenters. The van der Waals surface area contributed by atoms with E-state index in [0.29, 0.717) is 11.7 Å². The zero-order chi connectivity index (χ0) is 16.8. The lowest BCUT2D eigenvalue weighted by atomic mass is 10.2. The normalized spacial score (nSPS) is 10.1. The number of hydrogen-bond acceptors (Lipinski definition) is 6. The highest BCUT2D eigenvalue weighted by Gasteiger charge is 2.17. The Balaban J connectivity index is 1.88. The van der Waals surface area contributed by atoms with Gasteiger partial charge in [-0.25, -0.2) is 9.97 Å². The van der Waals surface area contributed by atoms with Gasteiger partial charge in [-0.05, 0) is 32.0 Å². The van der Waals surface area contributed by atoms with Crippen LogP contribution in [0.15, 0.2) is 52.1 Å². The van der Waals surface area contributed by atoms with Crippen LogP contribution in [-0.2, 0) is 0 Å². The molecule has 0 aliphatic heterocycles. The molecule has 0 saturated carbocycles. The number of anilines is 2. The summed E-state index contributed by atoms with van der Waals surface area (Å²) in [5, 5.41) is 8.10. The Labute approximate surface area is 144 Å². The third-order valence-electron chi connectivity index (χ3n) is 3.23. The molecule has 1 aromatic carbocycles. The van der Waals surface area contributed by atoms with Gasteiger partial charge in [-0.15, -0.1) is 5.92 Å². The summed E-state index contributed by atoms with van der Waals surface area (Å²) in [5.74, 6) is 7.81. The number of nitrogens with one attached hydrogen (secondary N) is 1. The molecule has 120 valence electrons. The van der Waals surface area contributed by atoms with Crippen molar-refractivity contribution in [2.75, 3.05) is 11.1 Å². The maximum Gasteiger partial charge on any atom is 0.227 e. The molecule has 0 aliphatic carbocycles. The zero-order valence-corrected chi connectivity index (χ0v) is 14.2. The van der Waals surface area contributed by atoms with E-state index < -0.39 is 0 Å². The highest BCUT2D eigenvalue weighted by atomic mass is 32.2. The maximum absolute atomic E-state index is 5.34. The number of aromatic nitrogens is 3. The highest BCUT2D eigenvalue weighted by molar-refractivity contribution is 7.99. The van der Waals surface area contributed by atoms with Gasteiger partial charge >= 0.3 is 0 Å². The van der Waals surface area contributed by atoms with Crippen LogP contribution in [0.2, 0.25) is 0 Å². The van der Waals surface area contributed by atoms with E-state index in [0.717, 1.165) is 27.7 Å². The monoisotopic (exact) mass is 336 g/mol. The lowest BCUT2D eigenvalue weighted by molar-refractivity contribution is 0.384. The van der Waals surface area contributed by atoms with Gasteiger partial charge in [0, 0.05) is 11.9 Å². The van der Waals surface area contributed by atoms with Gasteiger partial charge in [0.2, 0.25) is 5.95 Å². The van der Waals surface area contributed by atoms with Crippen molar-refractivity contribution in [3.8, 4) is 23.1 Å². The first-order valence-corrected chi connectivity index (χ1v) is 8.40. The van der Waals surface area contributed by atoms with Gasteiger partial charge in [0.05, 0.1) is 17.0 Å². The summed E-state index contributed by atoms with van der Waals surface area (Å²) in [7, 11) is 0. The minimum Gasteiger partial charge on any atom is -0.360 e. The van der Waals surface area contributed by atoms with E-state index in [9.17, 15) is 0 Å². The van der Waals surface area contributed by atoms with Crippen molar-refractivity contribution in [3.05, 3.63) is 48.4 Å². The van der Waals surface area contributed by atoms with Crippen molar-refractivity contribution >= 4 is 23.4 Å². The molecule has 3 rings (SSSR count). The number of nitrogens with zero attached hydrogens (tertiary/aromatic N) is 3. The van der Waals surface area contributed by atoms with Crippen LogP contribution in [0.4, 0.5) is 11.6 Å². The number of para-hydroxylation sites is 1. The number of rotatable bonds is 5. The number of thioether (sulfide) groups is 1. The SMILES string of the molecule is CC#CCSc1noc(C)c1-c1ccnc(Nc2ccccc2)n1. The second-order valence-corrected chi connectivity index (χ2v) is 5.85. The molecule has 5 nitrogen and oxygen atoms in total. The van der Waals surface area contributed by atoms with Gasteiger partial charge in [0.15, 0.2) is 0 Å². The van der Waals surface area contributed by atoms with Crippen molar-refractivity contribution in [1.82, 2.24) is 15.1 Å². The molecule has 3 aromatic rings. The van der Waals surface area contributed by atoms with E-state index in [1.54, 1.807) is 6.20 Å². The van der Waals surface area contributed by atoms with Crippen LogP contribution in [0.25, 0.3) is 11.3 Å². The summed E-state index contributed by atoms with van der Waals surface area (Å²) in [6, 6.07) is 11.7. The Morgan fingerprint density at radius 2 is 2.04 bits per heavy atom. The quantitative estimate of drug-likeness (QED) is 0.553. The van der Waals surface area contributed by atoms with Crippen molar-refractivity contribution in [3.63, 3.8) is 0 Å². The van der Waals surface area contributed by atoms with Crippen molar-refractivity contribution in [2.45, 2.75) is 18.9 Å². The molecule has 0 spiro atoms. The van der Waals surface area contributed by atoms with E-state index in [1.807, 2.05) is 50.2 Å². The van der Waals surface area contributed by atoms with Crippen LogP contribution in [0.3, 0.4) is 0 Å². The Bertz CT molecular complexity index is 881. The summed E-state index contributed by atoms with van der Waals surface area (Å²) in [5.41, 5.74) is 2.59. The lowest BCUT2D eigenvalue weighted by Gasteiger charge is -2.06. The Morgan fingerprint density at radius 3 is 2.83 bits per heavy atom. The molecule has 0 atom stereocenters. The van der Waals surface area contributed by atoms with Gasteiger partial charge < -0.3 is 9.84 Å². The van der Waals surface area contributed by atoms with Gasteiger partial charge in [0.1, 0.15) is 10.8 Å². The summed E-state index contributed by atoms with van der Waals surface area (Å²) >= 11 is 1.54. The first kappa shape index (κ1) is 16.1. The molecule has 24 heavy (non-hydrogen) atoms. The van der Waals surface area contributed by atoms with Crippen LogP contribution >= 0.6 is 11.8 Å². The molecule has 0 saturated heterocycles. The van der Waals surface area contributed by atoms with E-state index in [4.69, 9.17) is 4.52 Å². The van der Waals surface area contributed by atoms with Crippen molar-refractivity contribution in [2.24, 2.45) is 0 Å². The molecule has 0 aliphatic rings. The summed E-state index contributed by atoms with van der Waals surface area (Å²) in [4.78, 5) is 8.87. The van der Waals surface area contributed by atoms with Gasteiger partial charge in [0.25, 0.3) is 0 Å². The van der Waals surface area contributed by atoms with E-state index in [-0.39, 0.29) is 0 Å². The molecular formula is C18H16N4OS. The average molecular weight is 336 g/mol.